The molecule has 0 aliphatic rings. The Morgan fingerprint density at radius 1 is 1.09 bits per heavy atom. The quantitative estimate of drug-likeness (QED) is 0.445. The van der Waals surface area contributed by atoms with E-state index in [4.69, 9.17) is 9.47 Å². The summed E-state index contributed by atoms with van der Waals surface area (Å²) in [6, 6.07) is 13.0. The molecule has 0 unspecified atom stereocenters. The van der Waals surface area contributed by atoms with Crippen molar-refractivity contribution in [3.63, 3.8) is 0 Å². The number of hydrogen-bond donors (Lipinski definition) is 1. The zero-order valence-corrected chi connectivity index (χ0v) is 18.7. The van der Waals surface area contributed by atoms with Crippen LogP contribution in [0, 0.1) is 6.92 Å². The van der Waals surface area contributed by atoms with Gasteiger partial charge >= 0.3 is 0 Å². The van der Waals surface area contributed by atoms with E-state index >= 15 is 0 Å². The molecule has 4 rings (SSSR count). The monoisotopic (exact) mass is 447 g/mol. The average Bonchev–Trinajstić information content (AvgIpc) is 3.24. The van der Waals surface area contributed by atoms with Crippen LogP contribution in [0.4, 0.5) is 0 Å². The van der Waals surface area contributed by atoms with Crippen LogP contribution in [0.15, 0.2) is 59.8 Å². The maximum Gasteiger partial charge on any atom is 0.264 e. The standard InChI is InChI=1S/C24H25N5O4/c1-16-5-4-6-17(9-16)14-28-15-26-22-21(24(28)31)13-27-29(22)8-7-25-23(30)18-10-19(32-2)12-20(11-18)33-3/h4-6,9-13,15H,7-8,14H2,1-3H3,(H,25,30). The maximum absolute atomic E-state index is 12.9. The molecule has 2 aromatic carbocycles. The van der Waals surface area contributed by atoms with Crippen LogP contribution in [-0.2, 0) is 13.1 Å². The van der Waals surface area contributed by atoms with E-state index in [0.717, 1.165) is 11.1 Å². The van der Waals surface area contributed by atoms with Crippen LogP contribution < -0.4 is 20.3 Å². The van der Waals surface area contributed by atoms with Crippen LogP contribution in [0.1, 0.15) is 21.5 Å². The summed E-state index contributed by atoms with van der Waals surface area (Å²) < 4.78 is 13.6. The molecule has 4 aromatic rings. The fourth-order valence-corrected chi connectivity index (χ4v) is 3.60. The number of aromatic nitrogens is 4. The van der Waals surface area contributed by atoms with E-state index in [9.17, 15) is 9.59 Å². The lowest BCUT2D eigenvalue weighted by atomic mass is 10.1. The molecule has 0 fully saturated rings. The Morgan fingerprint density at radius 2 is 1.85 bits per heavy atom. The third kappa shape index (κ3) is 4.87. The minimum absolute atomic E-state index is 0.153. The molecule has 170 valence electrons. The number of benzene rings is 2. The number of amides is 1. The molecule has 0 aliphatic heterocycles. The fourth-order valence-electron chi connectivity index (χ4n) is 3.60. The second kappa shape index (κ2) is 9.56. The molecular weight excluding hydrogens is 422 g/mol. The zero-order chi connectivity index (χ0) is 23.4. The van der Waals surface area contributed by atoms with Gasteiger partial charge in [0.15, 0.2) is 5.65 Å². The van der Waals surface area contributed by atoms with Crippen LogP contribution in [0.2, 0.25) is 0 Å². The van der Waals surface area contributed by atoms with E-state index in [1.54, 1.807) is 27.4 Å². The van der Waals surface area contributed by atoms with E-state index in [0.29, 0.717) is 47.7 Å². The van der Waals surface area contributed by atoms with Gasteiger partial charge in [-0.05, 0) is 24.6 Å². The van der Waals surface area contributed by atoms with Crippen molar-refractivity contribution in [1.29, 1.82) is 0 Å². The van der Waals surface area contributed by atoms with Gasteiger partial charge < -0.3 is 14.8 Å². The first-order chi connectivity index (χ1) is 16.0. The molecule has 0 atom stereocenters. The van der Waals surface area contributed by atoms with E-state index < -0.39 is 0 Å². The van der Waals surface area contributed by atoms with Crippen molar-refractivity contribution in [2.45, 2.75) is 20.0 Å². The summed E-state index contributed by atoms with van der Waals surface area (Å²) in [5.41, 5.74) is 2.92. The second-order valence-corrected chi connectivity index (χ2v) is 7.63. The predicted octanol–water partition coefficient (Wildman–Crippen LogP) is 2.40. The highest BCUT2D eigenvalue weighted by atomic mass is 16.5. The van der Waals surface area contributed by atoms with Crippen LogP contribution >= 0.6 is 0 Å². The fraction of sp³-hybridized carbons (Fsp3) is 0.250. The van der Waals surface area contributed by atoms with Crippen LogP contribution in [-0.4, -0.2) is 46.0 Å². The van der Waals surface area contributed by atoms with Gasteiger partial charge in [-0.2, -0.15) is 5.10 Å². The molecule has 9 heteroatoms. The van der Waals surface area contributed by atoms with Gasteiger partial charge in [-0.15, -0.1) is 0 Å². The highest BCUT2D eigenvalue weighted by Gasteiger charge is 2.12. The molecule has 1 N–H and O–H groups in total. The van der Waals surface area contributed by atoms with Crippen molar-refractivity contribution in [2.75, 3.05) is 20.8 Å². The van der Waals surface area contributed by atoms with Gasteiger partial charge in [0.25, 0.3) is 11.5 Å². The van der Waals surface area contributed by atoms with E-state index in [1.165, 1.54) is 26.7 Å². The van der Waals surface area contributed by atoms with Crippen molar-refractivity contribution >= 4 is 16.9 Å². The maximum atomic E-state index is 12.9. The highest BCUT2D eigenvalue weighted by molar-refractivity contribution is 5.95. The predicted molar refractivity (Wildman–Crippen MR) is 124 cm³/mol. The minimum atomic E-state index is -0.267. The zero-order valence-electron chi connectivity index (χ0n) is 18.7. The molecule has 0 radical (unpaired) electrons. The Hall–Kier alpha value is -4.14. The summed E-state index contributed by atoms with van der Waals surface area (Å²) in [7, 11) is 3.06. The van der Waals surface area contributed by atoms with Crippen LogP contribution in [0.5, 0.6) is 11.5 Å². The van der Waals surface area contributed by atoms with Crippen molar-refractivity contribution in [3.05, 3.63) is 82.0 Å². The average molecular weight is 447 g/mol. The van der Waals surface area contributed by atoms with Crippen molar-refractivity contribution in [3.8, 4) is 11.5 Å². The number of carbonyl (C=O) groups excluding carboxylic acids is 1. The number of hydrogen-bond acceptors (Lipinski definition) is 6. The van der Waals surface area contributed by atoms with Gasteiger partial charge in [-0.3, -0.25) is 14.2 Å². The third-order valence-electron chi connectivity index (χ3n) is 5.28. The third-order valence-corrected chi connectivity index (χ3v) is 5.28. The molecule has 0 spiro atoms. The number of fused-ring (bicyclic) bond motifs is 1. The molecule has 0 aliphatic carbocycles. The van der Waals surface area contributed by atoms with Gasteiger partial charge in [0.1, 0.15) is 23.2 Å². The highest BCUT2D eigenvalue weighted by Crippen LogP contribution is 2.22. The number of carbonyl (C=O) groups is 1. The van der Waals surface area contributed by atoms with Gasteiger partial charge in [0, 0.05) is 18.2 Å². The van der Waals surface area contributed by atoms with Gasteiger partial charge in [0.05, 0.1) is 33.5 Å². The summed E-state index contributed by atoms with van der Waals surface area (Å²) in [4.78, 5) is 29.9. The normalized spacial score (nSPS) is 10.9. The number of ether oxygens (including phenoxy) is 2. The summed E-state index contributed by atoms with van der Waals surface area (Å²) >= 11 is 0. The Balaban J connectivity index is 1.45. The van der Waals surface area contributed by atoms with Gasteiger partial charge in [0.2, 0.25) is 0 Å². The molecule has 1 amide bonds. The molecular formula is C24H25N5O4. The lowest BCUT2D eigenvalue weighted by Gasteiger charge is -2.10. The van der Waals surface area contributed by atoms with E-state index in [2.05, 4.69) is 15.4 Å². The summed E-state index contributed by atoms with van der Waals surface area (Å²) in [5.74, 6) is 0.796. The lowest BCUT2D eigenvalue weighted by molar-refractivity contribution is 0.0951. The Morgan fingerprint density at radius 3 is 2.55 bits per heavy atom. The topological polar surface area (TPSA) is 100 Å². The number of aryl methyl sites for hydroxylation is 1. The second-order valence-electron chi connectivity index (χ2n) is 7.63. The Labute approximate surface area is 190 Å². The molecule has 2 aromatic heterocycles. The summed E-state index contributed by atoms with van der Waals surface area (Å²) in [6.45, 7) is 3.13. The lowest BCUT2D eigenvalue weighted by Crippen LogP contribution is -2.28. The number of nitrogens with zero attached hydrogens (tertiary/aromatic N) is 4. The molecule has 0 saturated heterocycles. The van der Waals surface area contributed by atoms with Crippen LogP contribution in [0.25, 0.3) is 11.0 Å². The first-order valence-electron chi connectivity index (χ1n) is 10.5. The van der Waals surface area contributed by atoms with E-state index in [1.807, 2.05) is 31.2 Å². The Bertz CT molecular complexity index is 1340. The molecule has 0 bridgehead atoms. The Kier molecular flexibility index (Phi) is 6.39. The van der Waals surface area contributed by atoms with Gasteiger partial charge in [-0.1, -0.05) is 29.8 Å². The van der Waals surface area contributed by atoms with Crippen molar-refractivity contribution < 1.29 is 14.3 Å². The SMILES string of the molecule is COc1cc(OC)cc(C(=O)NCCn2ncc3c(=O)n(Cc4cccc(C)c4)cnc32)c1. The molecule has 2 heterocycles. The first kappa shape index (κ1) is 22.1. The smallest absolute Gasteiger partial charge is 0.264 e. The van der Waals surface area contributed by atoms with Crippen molar-refractivity contribution in [1.82, 2.24) is 24.6 Å². The number of nitrogens with one attached hydrogen (secondary N) is 1. The molecule has 9 nitrogen and oxygen atoms in total. The van der Waals surface area contributed by atoms with Crippen molar-refractivity contribution in [2.24, 2.45) is 0 Å². The summed E-state index contributed by atoms with van der Waals surface area (Å²) in [5, 5.41) is 7.58. The molecule has 0 saturated carbocycles. The minimum Gasteiger partial charge on any atom is -0.497 e. The number of methoxy groups -OCH3 is 2. The molecule has 33 heavy (non-hydrogen) atoms. The first-order valence-corrected chi connectivity index (χ1v) is 10.5. The van der Waals surface area contributed by atoms with Gasteiger partial charge in [-0.25, -0.2) is 9.67 Å². The summed E-state index contributed by atoms with van der Waals surface area (Å²) in [6.07, 6.45) is 3.05. The largest absolute Gasteiger partial charge is 0.497 e. The van der Waals surface area contributed by atoms with E-state index in [-0.39, 0.29) is 11.5 Å². The van der Waals surface area contributed by atoms with Crippen LogP contribution in [0.3, 0.4) is 0 Å². The number of rotatable bonds is 8.